The van der Waals surface area contributed by atoms with Crippen molar-refractivity contribution in [1.29, 1.82) is 0 Å². The van der Waals surface area contributed by atoms with Gasteiger partial charge in [0.05, 0.1) is 10.6 Å². The van der Waals surface area contributed by atoms with Gasteiger partial charge in [0, 0.05) is 29.1 Å². The molecular formula is C21H19N3O2S2. The molecule has 1 aliphatic carbocycles. The molecular weight excluding hydrogens is 390 g/mol. The van der Waals surface area contributed by atoms with Crippen LogP contribution in [-0.4, -0.2) is 23.3 Å². The van der Waals surface area contributed by atoms with Crippen molar-refractivity contribution in [2.45, 2.75) is 25.7 Å². The first-order valence-electron chi connectivity index (χ1n) is 9.44. The van der Waals surface area contributed by atoms with E-state index < -0.39 is 0 Å². The Kier molecular flexibility index (Phi) is 4.49. The second-order valence-electron chi connectivity index (χ2n) is 7.18. The molecule has 3 aromatic rings. The smallest absolute Gasteiger partial charge is 0.267 e. The summed E-state index contributed by atoms with van der Waals surface area (Å²) in [5.41, 5.74) is 4.12. The van der Waals surface area contributed by atoms with E-state index in [0.29, 0.717) is 10.0 Å². The van der Waals surface area contributed by atoms with E-state index in [0.717, 1.165) is 49.2 Å². The minimum absolute atomic E-state index is 0.129. The van der Waals surface area contributed by atoms with E-state index in [-0.39, 0.29) is 17.7 Å². The zero-order valence-electron chi connectivity index (χ0n) is 15.2. The number of carbonyl (C=O) groups excluding carboxylic acids is 2. The number of hydrogen-bond donors (Lipinski definition) is 1. The quantitative estimate of drug-likeness (QED) is 0.672. The predicted molar refractivity (Wildman–Crippen MR) is 113 cm³/mol. The summed E-state index contributed by atoms with van der Waals surface area (Å²) in [5.74, 6) is 0.384. The number of amides is 2. The molecule has 0 bridgehead atoms. The SMILES string of the molecule is O=C(Nc1nc(-c2ccc3c(c2)CCCN3C(=O)C2CC2)cs1)c1cccs1. The van der Waals surface area contributed by atoms with Gasteiger partial charge in [-0.1, -0.05) is 12.1 Å². The third kappa shape index (κ3) is 3.36. The lowest BCUT2D eigenvalue weighted by molar-refractivity contribution is -0.119. The standard InChI is InChI=1S/C21H19N3O2S2/c25-19(18-4-2-10-27-18)23-21-22-16(12-28-21)14-7-8-17-15(11-14)3-1-9-24(17)20(26)13-5-6-13/h2,4,7-8,10-13H,1,3,5-6,9H2,(H,22,23,25). The molecule has 5 rings (SSSR count). The molecule has 2 aromatic heterocycles. The third-order valence-electron chi connectivity index (χ3n) is 5.16. The molecule has 1 saturated carbocycles. The summed E-state index contributed by atoms with van der Waals surface area (Å²) < 4.78 is 0. The summed E-state index contributed by atoms with van der Waals surface area (Å²) >= 11 is 2.83. The molecule has 3 heterocycles. The van der Waals surface area contributed by atoms with Gasteiger partial charge in [0.15, 0.2) is 5.13 Å². The van der Waals surface area contributed by atoms with Crippen molar-refractivity contribution in [2.75, 3.05) is 16.8 Å². The van der Waals surface area contributed by atoms with Crippen molar-refractivity contribution in [2.24, 2.45) is 5.92 Å². The van der Waals surface area contributed by atoms with Crippen LogP contribution in [0.25, 0.3) is 11.3 Å². The minimum Gasteiger partial charge on any atom is -0.312 e. The third-order valence-corrected chi connectivity index (χ3v) is 6.78. The summed E-state index contributed by atoms with van der Waals surface area (Å²) in [6.45, 7) is 0.817. The lowest BCUT2D eigenvalue weighted by Crippen LogP contribution is -2.36. The molecule has 0 atom stereocenters. The molecule has 1 aromatic carbocycles. The number of aryl methyl sites for hydroxylation is 1. The number of benzene rings is 1. The van der Waals surface area contributed by atoms with Crippen LogP contribution in [0, 0.1) is 5.92 Å². The van der Waals surface area contributed by atoms with Crippen LogP contribution >= 0.6 is 22.7 Å². The number of hydrogen-bond acceptors (Lipinski definition) is 5. The van der Waals surface area contributed by atoms with Gasteiger partial charge in [-0.25, -0.2) is 4.98 Å². The first-order valence-corrected chi connectivity index (χ1v) is 11.2. The van der Waals surface area contributed by atoms with Gasteiger partial charge in [-0.15, -0.1) is 22.7 Å². The fourth-order valence-electron chi connectivity index (χ4n) is 3.57. The molecule has 1 N–H and O–H groups in total. The Morgan fingerprint density at radius 1 is 1.18 bits per heavy atom. The number of carbonyl (C=O) groups is 2. The maximum absolute atomic E-state index is 12.6. The van der Waals surface area contributed by atoms with Gasteiger partial charge in [0.1, 0.15) is 0 Å². The van der Waals surface area contributed by atoms with Crippen molar-refractivity contribution >= 4 is 45.3 Å². The van der Waals surface area contributed by atoms with Gasteiger partial charge in [-0.05, 0) is 54.8 Å². The van der Waals surface area contributed by atoms with Crippen LogP contribution in [0.15, 0.2) is 41.1 Å². The van der Waals surface area contributed by atoms with E-state index >= 15 is 0 Å². The van der Waals surface area contributed by atoms with Crippen LogP contribution in [0.1, 0.15) is 34.5 Å². The van der Waals surface area contributed by atoms with Gasteiger partial charge in [-0.2, -0.15) is 0 Å². The Hall–Kier alpha value is -2.51. The van der Waals surface area contributed by atoms with Crippen molar-refractivity contribution in [3.63, 3.8) is 0 Å². The first kappa shape index (κ1) is 17.6. The molecule has 7 heteroatoms. The van der Waals surface area contributed by atoms with E-state index in [2.05, 4.69) is 16.4 Å². The predicted octanol–water partition coefficient (Wildman–Crippen LogP) is 4.81. The Bertz CT molecular complexity index is 1040. The Balaban J connectivity index is 1.36. The van der Waals surface area contributed by atoms with Gasteiger partial charge in [-0.3, -0.25) is 14.9 Å². The zero-order valence-corrected chi connectivity index (χ0v) is 16.8. The Labute approximate surface area is 171 Å². The van der Waals surface area contributed by atoms with Crippen LogP contribution in [0.2, 0.25) is 0 Å². The molecule has 0 spiro atoms. The summed E-state index contributed by atoms with van der Waals surface area (Å²) in [5, 5.41) is 7.30. The number of fused-ring (bicyclic) bond motifs is 1. The second-order valence-corrected chi connectivity index (χ2v) is 8.99. The molecule has 0 radical (unpaired) electrons. The largest absolute Gasteiger partial charge is 0.312 e. The molecule has 5 nitrogen and oxygen atoms in total. The van der Waals surface area contributed by atoms with Crippen molar-refractivity contribution in [1.82, 2.24) is 4.98 Å². The van der Waals surface area contributed by atoms with Crippen molar-refractivity contribution in [3.8, 4) is 11.3 Å². The van der Waals surface area contributed by atoms with Crippen LogP contribution < -0.4 is 10.2 Å². The fourth-order valence-corrected chi connectivity index (χ4v) is 4.90. The maximum Gasteiger partial charge on any atom is 0.267 e. The molecule has 1 aliphatic heterocycles. The highest BCUT2D eigenvalue weighted by atomic mass is 32.1. The molecule has 1 fully saturated rings. The van der Waals surface area contributed by atoms with E-state index in [1.165, 1.54) is 28.2 Å². The summed E-state index contributed by atoms with van der Waals surface area (Å²) in [6, 6.07) is 9.87. The number of anilines is 2. The van der Waals surface area contributed by atoms with E-state index in [9.17, 15) is 9.59 Å². The average molecular weight is 410 g/mol. The van der Waals surface area contributed by atoms with E-state index in [4.69, 9.17) is 0 Å². The van der Waals surface area contributed by atoms with Crippen molar-refractivity contribution in [3.05, 3.63) is 51.5 Å². The normalized spacial score (nSPS) is 15.9. The maximum atomic E-state index is 12.6. The number of rotatable bonds is 4. The van der Waals surface area contributed by atoms with Crippen LogP contribution in [0.4, 0.5) is 10.8 Å². The first-order chi connectivity index (χ1) is 13.7. The highest BCUT2D eigenvalue weighted by Crippen LogP contribution is 2.37. The van der Waals surface area contributed by atoms with E-state index in [1.807, 2.05) is 33.9 Å². The van der Waals surface area contributed by atoms with Gasteiger partial charge >= 0.3 is 0 Å². The Morgan fingerprint density at radius 3 is 2.86 bits per heavy atom. The number of nitrogens with one attached hydrogen (secondary N) is 1. The van der Waals surface area contributed by atoms with Crippen LogP contribution in [0.3, 0.4) is 0 Å². The lowest BCUT2D eigenvalue weighted by atomic mass is 9.98. The average Bonchev–Trinajstić information content (AvgIpc) is 3.22. The minimum atomic E-state index is -0.129. The lowest BCUT2D eigenvalue weighted by Gasteiger charge is -2.30. The van der Waals surface area contributed by atoms with Gasteiger partial charge < -0.3 is 4.90 Å². The van der Waals surface area contributed by atoms with E-state index in [1.54, 1.807) is 6.07 Å². The number of thiazole rings is 1. The monoisotopic (exact) mass is 409 g/mol. The van der Waals surface area contributed by atoms with Crippen LogP contribution in [0.5, 0.6) is 0 Å². The van der Waals surface area contributed by atoms with Gasteiger partial charge in [0.2, 0.25) is 5.91 Å². The molecule has 0 saturated heterocycles. The number of thiophene rings is 1. The molecule has 0 unspecified atom stereocenters. The highest BCUT2D eigenvalue weighted by molar-refractivity contribution is 7.14. The highest BCUT2D eigenvalue weighted by Gasteiger charge is 2.35. The summed E-state index contributed by atoms with van der Waals surface area (Å²) in [7, 11) is 0. The van der Waals surface area contributed by atoms with Crippen molar-refractivity contribution < 1.29 is 9.59 Å². The second kappa shape index (κ2) is 7.14. The molecule has 2 amide bonds. The zero-order chi connectivity index (χ0) is 19.1. The molecule has 2 aliphatic rings. The molecule has 28 heavy (non-hydrogen) atoms. The van der Waals surface area contributed by atoms with Crippen LogP contribution in [-0.2, 0) is 11.2 Å². The fraction of sp³-hybridized carbons (Fsp3) is 0.286. The Morgan fingerprint density at radius 2 is 2.07 bits per heavy atom. The van der Waals surface area contributed by atoms with Gasteiger partial charge in [0.25, 0.3) is 5.91 Å². The topological polar surface area (TPSA) is 62.3 Å². The number of nitrogens with zero attached hydrogens (tertiary/aromatic N) is 2. The number of aromatic nitrogens is 1. The summed E-state index contributed by atoms with van der Waals surface area (Å²) in [6.07, 6.45) is 4.03. The summed E-state index contributed by atoms with van der Waals surface area (Å²) in [4.78, 5) is 32.0. The molecule has 142 valence electrons.